The van der Waals surface area contributed by atoms with Gasteiger partial charge < -0.3 is 24.4 Å². The molecule has 3 aliphatic rings. The summed E-state index contributed by atoms with van der Waals surface area (Å²) in [6, 6.07) is 1.94. The first kappa shape index (κ1) is 18.8. The van der Waals surface area contributed by atoms with Gasteiger partial charge in [0.05, 0.1) is 24.8 Å². The molecular weight excluding hydrogens is 364 g/mol. The summed E-state index contributed by atoms with van der Waals surface area (Å²) >= 11 is 0. The second kappa shape index (κ2) is 8.22. The Hall–Kier alpha value is -2.55. The second-order valence-electron chi connectivity index (χ2n) is 7.32. The van der Waals surface area contributed by atoms with Crippen molar-refractivity contribution in [1.82, 2.24) is 14.7 Å². The van der Waals surface area contributed by atoms with Crippen LogP contribution in [0.2, 0.25) is 0 Å². The minimum atomic E-state index is -0.120. The largest absolute Gasteiger partial charge is 0.491 e. The molecule has 1 N–H and O–H groups in total. The van der Waals surface area contributed by atoms with Crippen molar-refractivity contribution in [3.05, 3.63) is 23.8 Å². The molecule has 0 aliphatic carbocycles. The lowest BCUT2D eigenvalue weighted by Gasteiger charge is -2.33. The molecule has 9 heteroatoms. The molecule has 9 nitrogen and oxygen atoms in total. The summed E-state index contributed by atoms with van der Waals surface area (Å²) in [4.78, 5) is 26.9. The average Bonchev–Trinajstić information content (AvgIpc) is 3.40. The van der Waals surface area contributed by atoms with Crippen LogP contribution in [0.15, 0.2) is 23.8 Å². The van der Waals surface area contributed by atoms with E-state index in [0.717, 1.165) is 19.3 Å². The van der Waals surface area contributed by atoms with Gasteiger partial charge >= 0.3 is 0 Å². The molecule has 3 aliphatic heterocycles. The van der Waals surface area contributed by atoms with Crippen LogP contribution in [0.25, 0.3) is 0 Å². The van der Waals surface area contributed by atoms with Crippen LogP contribution < -0.4 is 5.32 Å². The number of amides is 2. The van der Waals surface area contributed by atoms with Gasteiger partial charge in [-0.25, -0.2) is 4.68 Å². The molecule has 28 heavy (non-hydrogen) atoms. The third-order valence-corrected chi connectivity index (χ3v) is 5.48. The number of anilines is 1. The van der Waals surface area contributed by atoms with E-state index in [4.69, 9.17) is 14.2 Å². The van der Waals surface area contributed by atoms with Gasteiger partial charge in [0.1, 0.15) is 24.8 Å². The first-order valence-corrected chi connectivity index (χ1v) is 9.81. The number of nitrogens with one attached hydrogen (secondary N) is 1. The van der Waals surface area contributed by atoms with Crippen molar-refractivity contribution in [2.75, 3.05) is 44.8 Å². The number of aromatic nitrogens is 2. The number of allylic oxidation sites excluding steroid dienone is 1. The Labute approximate surface area is 163 Å². The molecule has 4 rings (SSSR count). The van der Waals surface area contributed by atoms with Gasteiger partial charge in [0.2, 0.25) is 11.7 Å². The summed E-state index contributed by atoms with van der Waals surface area (Å²) in [6.45, 7) is 4.95. The van der Waals surface area contributed by atoms with Crippen LogP contribution in [0, 0.1) is 5.92 Å². The molecule has 2 amide bonds. The van der Waals surface area contributed by atoms with Crippen LogP contribution in [-0.4, -0.2) is 66.0 Å². The quantitative estimate of drug-likeness (QED) is 0.833. The lowest BCUT2D eigenvalue weighted by molar-refractivity contribution is -0.134. The molecule has 0 saturated carbocycles. The molecule has 2 fully saturated rings. The maximum atomic E-state index is 12.7. The standard InChI is InChI=1S/C19H26N4O5/c1-13-17(28-11-10-27-13)19(25)22-7-3-15(4-8-22)23-16(2-6-20-23)21-18(24)14-5-9-26-12-14/h2,6,14-15H,3-5,7-12H2,1H3,(H,21,24)/t14-/m1/s1. The maximum absolute atomic E-state index is 12.7. The lowest BCUT2D eigenvalue weighted by atomic mass is 10.0. The highest BCUT2D eigenvalue weighted by Crippen LogP contribution is 2.27. The normalized spacial score (nSPS) is 23.3. The molecule has 0 radical (unpaired) electrons. The third kappa shape index (κ3) is 3.84. The van der Waals surface area contributed by atoms with Crippen LogP contribution >= 0.6 is 0 Å². The van der Waals surface area contributed by atoms with Gasteiger partial charge in [0, 0.05) is 25.8 Å². The van der Waals surface area contributed by atoms with Crippen molar-refractivity contribution in [3.8, 4) is 0 Å². The maximum Gasteiger partial charge on any atom is 0.292 e. The van der Waals surface area contributed by atoms with Crippen LogP contribution in [0.3, 0.4) is 0 Å². The second-order valence-corrected chi connectivity index (χ2v) is 7.32. The van der Waals surface area contributed by atoms with Gasteiger partial charge in [0.15, 0.2) is 0 Å². The van der Waals surface area contributed by atoms with Crippen LogP contribution in [0.5, 0.6) is 0 Å². The molecular formula is C19H26N4O5. The zero-order valence-electron chi connectivity index (χ0n) is 16.1. The molecule has 1 aromatic rings. The topological polar surface area (TPSA) is 94.9 Å². The molecule has 0 spiro atoms. The number of carbonyl (C=O) groups excluding carboxylic acids is 2. The molecule has 152 valence electrons. The molecule has 0 aromatic carbocycles. The van der Waals surface area contributed by atoms with E-state index in [1.54, 1.807) is 18.0 Å². The van der Waals surface area contributed by atoms with Crippen LogP contribution in [0.1, 0.15) is 32.2 Å². The highest BCUT2D eigenvalue weighted by atomic mass is 16.6. The number of hydrogen-bond donors (Lipinski definition) is 1. The number of ether oxygens (including phenoxy) is 3. The van der Waals surface area contributed by atoms with E-state index in [2.05, 4.69) is 10.4 Å². The monoisotopic (exact) mass is 390 g/mol. The van der Waals surface area contributed by atoms with Gasteiger partial charge in [0.25, 0.3) is 5.91 Å². The summed E-state index contributed by atoms with van der Waals surface area (Å²) in [5, 5.41) is 7.38. The van der Waals surface area contributed by atoms with E-state index in [0.29, 0.717) is 56.9 Å². The number of piperidine rings is 1. The summed E-state index contributed by atoms with van der Waals surface area (Å²) in [6.07, 6.45) is 3.97. The van der Waals surface area contributed by atoms with Gasteiger partial charge in [-0.15, -0.1) is 0 Å². The molecule has 2 saturated heterocycles. The Morgan fingerprint density at radius 3 is 2.64 bits per heavy atom. The first-order valence-electron chi connectivity index (χ1n) is 9.81. The Bertz CT molecular complexity index is 760. The molecule has 0 unspecified atom stereocenters. The van der Waals surface area contributed by atoms with E-state index in [9.17, 15) is 9.59 Å². The average molecular weight is 390 g/mol. The Kier molecular flexibility index (Phi) is 5.52. The fraction of sp³-hybridized carbons (Fsp3) is 0.632. The van der Waals surface area contributed by atoms with Gasteiger partial charge in [-0.1, -0.05) is 0 Å². The van der Waals surface area contributed by atoms with E-state index in [-0.39, 0.29) is 23.8 Å². The minimum Gasteiger partial charge on any atom is -0.491 e. The summed E-state index contributed by atoms with van der Waals surface area (Å²) < 4.78 is 18.1. The van der Waals surface area contributed by atoms with Gasteiger partial charge in [-0.05, 0) is 26.2 Å². The molecule has 4 heterocycles. The first-order chi connectivity index (χ1) is 13.6. The summed E-state index contributed by atoms with van der Waals surface area (Å²) in [5.41, 5.74) is 0. The van der Waals surface area contributed by atoms with Crippen molar-refractivity contribution >= 4 is 17.6 Å². The highest BCUT2D eigenvalue weighted by molar-refractivity contribution is 5.92. The third-order valence-electron chi connectivity index (χ3n) is 5.48. The van der Waals surface area contributed by atoms with E-state index >= 15 is 0 Å². The number of nitrogens with zero attached hydrogens (tertiary/aromatic N) is 3. The van der Waals surface area contributed by atoms with Crippen molar-refractivity contribution in [1.29, 1.82) is 0 Å². The van der Waals surface area contributed by atoms with Crippen molar-refractivity contribution in [3.63, 3.8) is 0 Å². The SMILES string of the molecule is CC1=C(C(=O)N2CCC(n3nccc3NC(=O)[C@@H]3CCOC3)CC2)OCCO1. The molecule has 1 aromatic heterocycles. The van der Waals surface area contributed by atoms with E-state index < -0.39 is 0 Å². The predicted molar refractivity (Wildman–Crippen MR) is 99.2 cm³/mol. The molecule has 1 atom stereocenters. The molecule has 0 bridgehead atoms. The van der Waals surface area contributed by atoms with Gasteiger partial charge in [-0.2, -0.15) is 5.10 Å². The number of likely N-dealkylation sites (tertiary alicyclic amines) is 1. The Morgan fingerprint density at radius 2 is 1.93 bits per heavy atom. The Balaban J connectivity index is 1.36. The zero-order valence-corrected chi connectivity index (χ0v) is 16.1. The van der Waals surface area contributed by atoms with Gasteiger partial charge in [-0.3, -0.25) is 9.59 Å². The zero-order chi connectivity index (χ0) is 19.5. The van der Waals surface area contributed by atoms with Crippen LogP contribution in [0.4, 0.5) is 5.82 Å². The number of hydrogen-bond acceptors (Lipinski definition) is 6. The fourth-order valence-corrected chi connectivity index (χ4v) is 3.85. The summed E-state index contributed by atoms with van der Waals surface area (Å²) in [5.74, 6) is 1.32. The number of rotatable bonds is 4. The smallest absolute Gasteiger partial charge is 0.292 e. The fourth-order valence-electron chi connectivity index (χ4n) is 3.85. The highest BCUT2D eigenvalue weighted by Gasteiger charge is 2.31. The minimum absolute atomic E-state index is 0.0243. The Morgan fingerprint density at radius 1 is 1.14 bits per heavy atom. The van der Waals surface area contributed by atoms with Crippen molar-refractivity contribution in [2.24, 2.45) is 5.92 Å². The predicted octanol–water partition coefficient (Wildman–Crippen LogP) is 1.30. The van der Waals surface area contributed by atoms with Crippen molar-refractivity contribution < 1.29 is 23.8 Å². The van der Waals surface area contributed by atoms with Crippen LogP contribution in [-0.2, 0) is 23.8 Å². The van der Waals surface area contributed by atoms with E-state index in [1.165, 1.54) is 0 Å². The number of carbonyl (C=O) groups is 2. The van der Waals surface area contributed by atoms with E-state index in [1.807, 2.05) is 10.7 Å². The van der Waals surface area contributed by atoms with Crippen molar-refractivity contribution in [2.45, 2.75) is 32.2 Å². The summed E-state index contributed by atoms with van der Waals surface area (Å²) in [7, 11) is 0. The lowest BCUT2D eigenvalue weighted by Crippen LogP contribution is -2.41.